The molecule has 5 heterocycles. The van der Waals surface area contributed by atoms with Gasteiger partial charge < -0.3 is 29.3 Å². The number of aryl methyl sites for hydroxylation is 1. The molecule has 2 fully saturated rings. The molecule has 11 nitrogen and oxygen atoms in total. The number of methoxy groups -OCH3 is 1. The van der Waals surface area contributed by atoms with Crippen LogP contribution in [0.25, 0.3) is 16.9 Å². The van der Waals surface area contributed by atoms with Crippen LogP contribution in [0.4, 0.5) is 21.6 Å². The first-order valence-electron chi connectivity index (χ1n) is 16.1. The summed E-state index contributed by atoms with van der Waals surface area (Å²) in [5.41, 5.74) is 8.83. The molecule has 2 atom stereocenters. The summed E-state index contributed by atoms with van der Waals surface area (Å²) in [5, 5.41) is 7.76. The van der Waals surface area contributed by atoms with E-state index >= 15 is 0 Å². The molecule has 12 heteroatoms. The number of benzene rings is 2. The normalized spacial score (nSPS) is 18.7. The summed E-state index contributed by atoms with van der Waals surface area (Å²) in [6.07, 6.45) is 3.06. The van der Waals surface area contributed by atoms with Gasteiger partial charge in [-0.3, -0.25) is 9.78 Å². The van der Waals surface area contributed by atoms with E-state index in [-0.39, 0.29) is 12.0 Å². The zero-order chi connectivity index (χ0) is 32.9. The predicted octanol–water partition coefficient (Wildman–Crippen LogP) is 5.32. The van der Waals surface area contributed by atoms with Crippen molar-refractivity contribution in [3.63, 3.8) is 0 Å². The van der Waals surface area contributed by atoms with Crippen molar-refractivity contribution in [2.45, 2.75) is 44.8 Å². The predicted molar refractivity (Wildman–Crippen MR) is 179 cm³/mol. The average Bonchev–Trinajstić information content (AvgIpc) is 3.56. The molecule has 0 unspecified atom stereocenters. The van der Waals surface area contributed by atoms with E-state index in [2.05, 4.69) is 39.2 Å². The molecule has 1 N–H and O–H groups in total. The minimum atomic E-state index is -1.02. The maximum absolute atomic E-state index is 13.7. The Labute approximate surface area is 277 Å². The van der Waals surface area contributed by atoms with Gasteiger partial charge in [-0.05, 0) is 60.4 Å². The number of nitrogens with zero attached hydrogens (tertiary/aromatic N) is 6. The highest BCUT2D eigenvalue weighted by Crippen LogP contribution is 2.41. The quantitative estimate of drug-likeness (QED) is 0.227. The number of carbonyl (C=O) groups is 1. The first-order chi connectivity index (χ1) is 23.4. The standard InChI is InChI=1S/C36H36FN7O4/c1-21-14-26(28-9-6-23(18-38-28)36-47-12-13-48-36)25-10-11-43(30(25)15-21)33-17-31(42(2)20-22-4-7-24(46-3)8-5-22)34-39-19-32(44(34)41-33)35(45)40-29-16-27(29)37/h4-9,14-15,17-19,27,29,36H,10-13,16,20H2,1-3H3,(H,40,45)/t27-,29+/m0/s1. The number of nitrogens with one attached hydrogen (secondary N) is 1. The minimum absolute atomic E-state index is 0.258. The molecular formula is C36H36FN7O4. The topological polar surface area (TPSA) is 106 Å². The number of aromatic nitrogens is 4. The van der Waals surface area contributed by atoms with Gasteiger partial charge in [-0.15, -0.1) is 5.10 Å². The smallest absolute Gasteiger partial charge is 0.271 e. The third-order valence-corrected chi connectivity index (χ3v) is 9.17. The maximum Gasteiger partial charge on any atom is 0.271 e. The summed E-state index contributed by atoms with van der Waals surface area (Å²) in [6.45, 7) is 4.51. The molecule has 3 aliphatic rings. The van der Waals surface area contributed by atoms with E-state index in [1.807, 2.05) is 55.7 Å². The molecule has 8 rings (SSSR count). The number of fused-ring (bicyclic) bond motifs is 2. The number of alkyl halides is 1. The Hall–Kier alpha value is -5.07. The van der Waals surface area contributed by atoms with Crippen LogP contribution in [0.1, 0.15) is 45.5 Å². The minimum Gasteiger partial charge on any atom is -0.497 e. The van der Waals surface area contributed by atoms with Crippen LogP contribution >= 0.6 is 0 Å². The lowest BCUT2D eigenvalue weighted by atomic mass is 9.98. The Morgan fingerprint density at radius 3 is 2.58 bits per heavy atom. The third kappa shape index (κ3) is 5.60. The van der Waals surface area contributed by atoms with Crippen LogP contribution in [0.15, 0.2) is 67.0 Å². The molecule has 48 heavy (non-hydrogen) atoms. The first kappa shape index (κ1) is 30.3. The second kappa shape index (κ2) is 12.2. The molecule has 0 spiro atoms. The molecule has 1 amide bonds. The molecular weight excluding hydrogens is 613 g/mol. The van der Waals surface area contributed by atoms with Gasteiger partial charge in [-0.25, -0.2) is 13.9 Å². The molecule has 0 radical (unpaired) electrons. The van der Waals surface area contributed by atoms with E-state index < -0.39 is 18.1 Å². The van der Waals surface area contributed by atoms with Crippen LogP contribution < -0.4 is 19.9 Å². The van der Waals surface area contributed by atoms with Gasteiger partial charge in [0.15, 0.2) is 23.4 Å². The highest BCUT2D eigenvalue weighted by Gasteiger charge is 2.39. The lowest BCUT2D eigenvalue weighted by molar-refractivity contribution is -0.0443. The number of imidazole rings is 1. The van der Waals surface area contributed by atoms with Crippen molar-refractivity contribution in [2.24, 2.45) is 0 Å². The third-order valence-electron chi connectivity index (χ3n) is 9.17. The van der Waals surface area contributed by atoms with Gasteiger partial charge in [-0.1, -0.05) is 18.2 Å². The number of rotatable bonds is 9. The van der Waals surface area contributed by atoms with Crippen molar-refractivity contribution in [1.29, 1.82) is 0 Å². The Balaban J connectivity index is 1.18. The van der Waals surface area contributed by atoms with Crippen LogP contribution in [0.5, 0.6) is 5.75 Å². The zero-order valence-corrected chi connectivity index (χ0v) is 27.0. The Bertz CT molecular complexity index is 1990. The molecule has 2 aliphatic heterocycles. The highest BCUT2D eigenvalue weighted by atomic mass is 19.1. The van der Waals surface area contributed by atoms with Gasteiger partial charge in [0.1, 0.15) is 11.9 Å². The molecule has 1 saturated heterocycles. The monoisotopic (exact) mass is 649 g/mol. The van der Waals surface area contributed by atoms with Crippen molar-refractivity contribution in [3.8, 4) is 17.0 Å². The summed E-state index contributed by atoms with van der Waals surface area (Å²) in [6, 6.07) is 17.8. The fourth-order valence-electron chi connectivity index (χ4n) is 6.52. The van der Waals surface area contributed by atoms with Gasteiger partial charge in [-0.2, -0.15) is 0 Å². The number of hydrogen-bond acceptors (Lipinski definition) is 9. The molecule has 5 aromatic rings. The van der Waals surface area contributed by atoms with E-state index in [9.17, 15) is 9.18 Å². The SMILES string of the molecule is COc1ccc(CN(C)c2cc(N3CCc4c(-c5ccc(C6OCCO6)cn5)cc(C)cc43)nn3c(C(=O)N[C@@H]4C[C@@H]4F)cnc23)cc1. The average molecular weight is 650 g/mol. The van der Waals surface area contributed by atoms with Gasteiger partial charge >= 0.3 is 0 Å². The Morgan fingerprint density at radius 1 is 1.08 bits per heavy atom. The second-order valence-corrected chi connectivity index (χ2v) is 12.6. The van der Waals surface area contributed by atoms with Crippen molar-refractivity contribution in [1.82, 2.24) is 24.9 Å². The fourth-order valence-corrected chi connectivity index (χ4v) is 6.52. The van der Waals surface area contributed by atoms with Crippen LogP contribution in [0, 0.1) is 6.92 Å². The number of halogens is 1. The van der Waals surface area contributed by atoms with Crippen LogP contribution in [-0.2, 0) is 22.4 Å². The molecule has 3 aromatic heterocycles. The maximum atomic E-state index is 13.7. The van der Waals surface area contributed by atoms with Crippen molar-refractivity contribution in [3.05, 3.63) is 94.9 Å². The number of carbonyl (C=O) groups excluding carboxylic acids is 1. The van der Waals surface area contributed by atoms with Crippen LogP contribution in [-0.4, -0.2) is 71.6 Å². The fraction of sp³-hybridized carbons (Fsp3) is 0.333. The molecule has 0 bridgehead atoms. The van der Waals surface area contributed by atoms with E-state index in [1.54, 1.807) is 11.6 Å². The van der Waals surface area contributed by atoms with Gasteiger partial charge in [0.2, 0.25) is 0 Å². The Kier molecular flexibility index (Phi) is 7.68. The summed E-state index contributed by atoms with van der Waals surface area (Å²) in [4.78, 5) is 27.0. The number of hydrogen-bond donors (Lipinski definition) is 1. The van der Waals surface area contributed by atoms with Crippen LogP contribution in [0.3, 0.4) is 0 Å². The first-order valence-corrected chi connectivity index (χ1v) is 16.1. The van der Waals surface area contributed by atoms with E-state index in [0.717, 1.165) is 51.5 Å². The zero-order valence-electron chi connectivity index (χ0n) is 27.0. The van der Waals surface area contributed by atoms with Crippen LogP contribution in [0.2, 0.25) is 0 Å². The molecule has 1 aliphatic carbocycles. The largest absolute Gasteiger partial charge is 0.497 e. The van der Waals surface area contributed by atoms with Gasteiger partial charge in [0, 0.05) is 55.6 Å². The van der Waals surface area contributed by atoms with Crippen molar-refractivity contribution < 1.29 is 23.4 Å². The molecule has 1 saturated carbocycles. The highest BCUT2D eigenvalue weighted by molar-refractivity contribution is 5.94. The molecule has 246 valence electrons. The van der Waals surface area contributed by atoms with Gasteiger partial charge in [0.25, 0.3) is 5.91 Å². The Morgan fingerprint density at radius 2 is 1.88 bits per heavy atom. The van der Waals surface area contributed by atoms with Crippen molar-refractivity contribution in [2.75, 3.05) is 43.7 Å². The summed E-state index contributed by atoms with van der Waals surface area (Å²) in [7, 11) is 3.64. The number of ether oxygens (including phenoxy) is 3. The lowest BCUT2D eigenvalue weighted by Gasteiger charge is -2.24. The molecule has 2 aromatic carbocycles. The summed E-state index contributed by atoms with van der Waals surface area (Å²) in [5.74, 6) is 1.06. The summed E-state index contributed by atoms with van der Waals surface area (Å²) < 4.78 is 31.9. The number of pyridine rings is 1. The lowest BCUT2D eigenvalue weighted by Crippen LogP contribution is -2.29. The van der Waals surface area contributed by atoms with Gasteiger partial charge in [0.05, 0.1) is 43.9 Å². The van der Waals surface area contributed by atoms with E-state index in [0.29, 0.717) is 44.2 Å². The van der Waals surface area contributed by atoms with E-state index in [1.165, 1.54) is 11.8 Å². The second-order valence-electron chi connectivity index (χ2n) is 12.6. The number of anilines is 3. The van der Waals surface area contributed by atoms with E-state index in [4.69, 9.17) is 24.3 Å². The summed E-state index contributed by atoms with van der Waals surface area (Å²) >= 11 is 0. The van der Waals surface area contributed by atoms with Crippen molar-refractivity contribution >= 4 is 28.7 Å². The number of amides is 1.